The molecule has 0 atom stereocenters. The topological polar surface area (TPSA) is 90.7 Å². The molecule has 8 nitrogen and oxygen atoms in total. The van der Waals surface area contributed by atoms with E-state index < -0.39 is 24.5 Å². The number of rotatable bonds is 9. The second kappa shape index (κ2) is 10.7. The number of nitrogens with zero attached hydrogens (tertiary/aromatic N) is 3. The maximum absolute atomic E-state index is 12.7. The molecule has 0 aliphatic rings. The van der Waals surface area contributed by atoms with E-state index in [1.54, 1.807) is 54.3 Å². The maximum atomic E-state index is 12.7. The van der Waals surface area contributed by atoms with Gasteiger partial charge in [0.2, 0.25) is 0 Å². The normalized spacial score (nSPS) is 10.4. The van der Waals surface area contributed by atoms with Crippen LogP contribution in [0.4, 0.5) is 5.69 Å². The van der Waals surface area contributed by atoms with Crippen LogP contribution in [0.1, 0.15) is 12.5 Å². The number of hydrogen-bond acceptors (Lipinski definition) is 6. The first-order valence-electron chi connectivity index (χ1n) is 9.82. The van der Waals surface area contributed by atoms with Crippen molar-refractivity contribution in [1.29, 1.82) is 0 Å². The Balaban J connectivity index is 1.58. The molecule has 3 aromatic rings. The first-order valence-corrected chi connectivity index (χ1v) is 9.82. The number of carbonyl (C=O) groups is 3. The molecule has 0 saturated heterocycles. The van der Waals surface area contributed by atoms with Crippen molar-refractivity contribution in [3.63, 3.8) is 0 Å². The molecule has 31 heavy (non-hydrogen) atoms. The highest BCUT2D eigenvalue weighted by Crippen LogP contribution is 2.14. The van der Waals surface area contributed by atoms with Gasteiger partial charge < -0.3 is 9.47 Å². The van der Waals surface area contributed by atoms with E-state index in [1.165, 1.54) is 4.90 Å². The lowest BCUT2D eigenvalue weighted by atomic mass is 10.2. The molecule has 0 aliphatic carbocycles. The Labute approximate surface area is 180 Å². The van der Waals surface area contributed by atoms with Gasteiger partial charge in [-0.3, -0.25) is 19.3 Å². The number of benzene rings is 2. The fourth-order valence-electron chi connectivity index (χ4n) is 2.88. The Morgan fingerprint density at radius 3 is 2.29 bits per heavy atom. The van der Waals surface area contributed by atoms with Crippen LogP contribution in [0.25, 0.3) is 5.69 Å². The van der Waals surface area contributed by atoms with Crippen molar-refractivity contribution in [2.24, 2.45) is 0 Å². The van der Waals surface area contributed by atoms with Crippen molar-refractivity contribution >= 4 is 23.5 Å². The van der Waals surface area contributed by atoms with Crippen molar-refractivity contribution < 1.29 is 23.9 Å². The van der Waals surface area contributed by atoms with Gasteiger partial charge >= 0.3 is 11.9 Å². The third-order valence-electron chi connectivity index (χ3n) is 4.32. The van der Waals surface area contributed by atoms with Gasteiger partial charge in [0.25, 0.3) is 5.91 Å². The van der Waals surface area contributed by atoms with E-state index in [0.29, 0.717) is 11.3 Å². The molecule has 0 fully saturated rings. The zero-order valence-corrected chi connectivity index (χ0v) is 17.1. The minimum Gasteiger partial charge on any atom is -0.465 e. The van der Waals surface area contributed by atoms with Crippen molar-refractivity contribution in [1.82, 2.24) is 9.78 Å². The van der Waals surface area contributed by atoms with Gasteiger partial charge in [0.15, 0.2) is 6.61 Å². The molecule has 1 aromatic heterocycles. The molecule has 2 aromatic carbocycles. The lowest BCUT2D eigenvalue weighted by molar-refractivity contribution is -0.147. The van der Waals surface area contributed by atoms with Gasteiger partial charge in [-0.15, -0.1) is 0 Å². The number of amides is 1. The van der Waals surface area contributed by atoms with E-state index in [1.807, 2.05) is 30.3 Å². The summed E-state index contributed by atoms with van der Waals surface area (Å²) in [6.45, 7) is 1.15. The number of carbonyl (C=O) groups excluding carboxylic acids is 3. The fraction of sp³-hybridized carbons (Fsp3) is 0.217. The van der Waals surface area contributed by atoms with E-state index in [4.69, 9.17) is 9.47 Å². The monoisotopic (exact) mass is 421 g/mol. The molecular weight excluding hydrogens is 398 g/mol. The molecule has 0 radical (unpaired) electrons. The Kier molecular flexibility index (Phi) is 7.53. The van der Waals surface area contributed by atoms with E-state index in [0.717, 1.165) is 5.69 Å². The summed E-state index contributed by atoms with van der Waals surface area (Å²) in [6, 6.07) is 18.2. The van der Waals surface area contributed by atoms with Crippen molar-refractivity contribution in [3.05, 3.63) is 78.6 Å². The quantitative estimate of drug-likeness (QED) is 0.493. The fourth-order valence-corrected chi connectivity index (χ4v) is 2.88. The maximum Gasteiger partial charge on any atom is 0.326 e. The number of ether oxygens (including phenoxy) is 2. The first-order chi connectivity index (χ1) is 15.1. The summed E-state index contributed by atoms with van der Waals surface area (Å²) in [5.41, 5.74) is 2.04. The van der Waals surface area contributed by atoms with E-state index in [9.17, 15) is 14.4 Å². The number of aromatic nitrogens is 2. The van der Waals surface area contributed by atoms with Gasteiger partial charge in [-0.2, -0.15) is 5.10 Å². The van der Waals surface area contributed by atoms with Gasteiger partial charge in [-0.05, 0) is 31.2 Å². The van der Waals surface area contributed by atoms with Crippen LogP contribution in [0.15, 0.2) is 73.1 Å². The molecule has 8 heteroatoms. The van der Waals surface area contributed by atoms with Gasteiger partial charge in [-0.1, -0.05) is 36.4 Å². The number of para-hydroxylation sites is 2. The van der Waals surface area contributed by atoms with E-state index in [2.05, 4.69) is 5.10 Å². The summed E-state index contributed by atoms with van der Waals surface area (Å²) in [7, 11) is 0. The Hall–Kier alpha value is -3.94. The number of esters is 2. The van der Waals surface area contributed by atoms with E-state index >= 15 is 0 Å². The molecule has 0 spiro atoms. The van der Waals surface area contributed by atoms with Crippen LogP contribution in [0.3, 0.4) is 0 Å². The molecule has 0 unspecified atom stereocenters. The zero-order chi connectivity index (χ0) is 22.1. The van der Waals surface area contributed by atoms with Crippen LogP contribution in [-0.4, -0.2) is 47.4 Å². The lowest BCUT2D eigenvalue weighted by Gasteiger charge is -2.21. The first kappa shape index (κ1) is 21.8. The van der Waals surface area contributed by atoms with Crippen LogP contribution in [0.2, 0.25) is 0 Å². The molecule has 1 amide bonds. The average Bonchev–Trinajstić information content (AvgIpc) is 3.25. The highest BCUT2D eigenvalue weighted by molar-refractivity contribution is 5.99. The summed E-state index contributed by atoms with van der Waals surface area (Å²) < 4.78 is 11.7. The smallest absolute Gasteiger partial charge is 0.326 e. The molecule has 1 heterocycles. The molecule has 0 N–H and O–H groups in total. The van der Waals surface area contributed by atoms with Gasteiger partial charge in [-0.25, -0.2) is 4.68 Å². The van der Waals surface area contributed by atoms with E-state index in [-0.39, 0.29) is 19.6 Å². The summed E-state index contributed by atoms with van der Waals surface area (Å²) in [5.74, 6) is -1.63. The average molecular weight is 421 g/mol. The van der Waals surface area contributed by atoms with Crippen LogP contribution >= 0.6 is 0 Å². The summed E-state index contributed by atoms with van der Waals surface area (Å²) in [6.07, 6.45) is 3.28. The highest BCUT2D eigenvalue weighted by atomic mass is 16.5. The second-order valence-corrected chi connectivity index (χ2v) is 6.59. The van der Waals surface area contributed by atoms with Crippen molar-refractivity contribution in [2.75, 3.05) is 24.7 Å². The van der Waals surface area contributed by atoms with Crippen LogP contribution in [-0.2, 0) is 30.3 Å². The Morgan fingerprint density at radius 1 is 0.935 bits per heavy atom. The molecule has 0 aliphatic heterocycles. The van der Waals surface area contributed by atoms with Crippen LogP contribution in [0, 0.1) is 0 Å². The number of anilines is 1. The standard InChI is InChI=1S/C23H23N3O5/c1-2-30-23(29)16-25(19-9-5-3-6-10-19)21(27)17-31-22(28)13-18-14-24-26(15-18)20-11-7-4-8-12-20/h3-12,14-15H,2,13,16-17H2,1H3. The van der Waals surface area contributed by atoms with Gasteiger partial charge in [0.05, 0.1) is 24.9 Å². The predicted octanol–water partition coefficient (Wildman–Crippen LogP) is 2.55. The zero-order valence-electron chi connectivity index (χ0n) is 17.1. The van der Waals surface area contributed by atoms with Gasteiger partial charge in [0.1, 0.15) is 6.54 Å². The lowest BCUT2D eigenvalue weighted by Crippen LogP contribution is -2.39. The highest BCUT2D eigenvalue weighted by Gasteiger charge is 2.21. The summed E-state index contributed by atoms with van der Waals surface area (Å²) >= 11 is 0. The summed E-state index contributed by atoms with van der Waals surface area (Å²) in [4.78, 5) is 38.0. The van der Waals surface area contributed by atoms with Crippen molar-refractivity contribution in [3.8, 4) is 5.69 Å². The Bertz CT molecular complexity index is 1020. The third-order valence-corrected chi connectivity index (χ3v) is 4.32. The Morgan fingerprint density at radius 2 is 1.61 bits per heavy atom. The number of hydrogen-bond donors (Lipinski definition) is 0. The minimum absolute atomic E-state index is 0.0245. The molecule has 160 valence electrons. The largest absolute Gasteiger partial charge is 0.465 e. The second-order valence-electron chi connectivity index (χ2n) is 6.59. The SMILES string of the molecule is CCOC(=O)CN(C(=O)COC(=O)Cc1cnn(-c2ccccc2)c1)c1ccccc1. The predicted molar refractivity (Wildman–Crippen MR) is 114 cm³/mol. The third kappa shape index (κ3) is 6.27. The summed E-state index contributed by atoms with van der Waals surface area (Å²) in [5, 5.41) is 4.24. The molecule has 0 bridgehead atoms. The van der Waals surface area contributed by atoms with Crippen molar-refractivity contribution in [2.45, 2.75) is 13.3 Å². The van der Waals surface area contributed by atoms with Crippen LogP contribution in [0.5, 0.6) is 0 Å². The molecule has 0 saturated carbocycles. The molecule has 3 rings (SSSR count). The molecular formula is C23H23N3O5. The minimum atomic E-state index is -0.565. The van der Waals surface area contributed by atoms with Gasteiger partial charge in [0, 0.05) is 17.4 Å². The van der Waals surface area contributed by atoms with Crippen LogP contribution < -0.4 is 4.90 Å².